The van der Waals surface area contributed by atoms with Crippen LogP contribution in [0.25, 0.3) is 0 Å². The molecule has 3 rings (SSSR count). The van der Waals surface area contributed by atoms with E-state index < -0.39 is 11.8 Å². The number of carbonyl (C=O) groups is 2. The summed E-state index contributed by atoms with van der Waals surface area (Å²) in [7, 11) is 0. The van der Waals surface area contributed by atoms with Crippen LogP contribution < -0.4 is 25.1 Å². The van der Waals surface area contributed by atoms with Crippen molar-refractivity contribution in [3.63, 3.8) is 0 Å². The smallest absolute Gasteiger partial charge is 0.276 e. The van der Waals surface area contributed by atoms with Gasteiger partial charge in [0.05, 0.1) is 10.0 Å². The lowest BCUT2D eigenvalue weighted by atomic mass is 9.87. The van der Waals surface area contributed by atoms with Crippen molar-refractivity contribution < 1.29 is 23.8 Å². The van der Waals surface area contributed by atoms with E-state index in [0.29, 0.717) is 18.1 Å². The molecule has 0 atom stereocenters. The molecule has 0 fully saturated rings. The molecule has 2 amide bonds. The third-order valence-corrected chi connectivity index (χ3v) is 5.58. The van der Waals surface area contributed by atoms with Gasteiger partial charge < -0.3 is 14.2 Å². The molecule has 0 saturated heterocycles. The SMILES string of the molecule is CC(C)(C)c1ccc(OCC(=O)NNC(=O)c2ccccc2OCCOc2ccccc2)c(Br)c1. The Morgan fingerprint density at radius 2 is 1.49 bits per heavy atom. The number of hydrazine groups is 1. The molecule has 35 heavy (non-hydrogen) atoms. The quantitative estimate of drug-likeness (QED) is 0.293. The van der Waals surface area contributed by atoms with E-state index in [2.05, 4.69) is 47.6 Å². The Balaban J connectivity index is 1.46. The zero-order valence-corrected chi connectivity index (χ0v) is 21.6. The van der Waals surface area contributed by atoms with Gasteiger partial charge in [0.1, 0.15) is 30.5 Å². The van der Waals surface area contributed by atoms with Crippen molar-refractivity contribution >= 4 is 27.7 Å². The normalized spacial score (nSPS) is 10.9. The van der Waals surface area contributed by atoms with Crippen molar-refractivity contribution in [1.82, 2.24) is 10.9 Å². The highest BCUT2D eigenvalue weighted by Crippen LogP contribution is 2.31. The predicted molar refractivity (Wildman–Crippen MR) is 138 cm³/mol. The minimum atomic E-state index is -0.506. The zero-order chi connectivity index (χ0) is 25.3. The first-order valence-electron chi connectivity index (χ1n) is 11.2. The second-order valence-electron chi connectivity index (χ2n) is 8.69. The number of nitrogens with one attached hydrogen (secondary N) is 2. The molecule has 0 spiro atoms. The van der Waals surface area contributed by atoms with Gasteiger partial charge in [-0.25, -0.2) is 0 Å². The topological polar surface area (TPSA) is 85.9 Å². The lowest BCUT2D eigenvalue weighted by Gasteiger charge is -2.20. The number of ether oxygens (including phenoxy) is 3. The van der Waals surface area contributed by atoms with Gasteiger partial charge in [-0.3, -0.25) is 20.4 Å². The summed E-state index contributed by atoms with van der Waals surface area (Å²) in [5.41, 5.74) is 6.18. The molecule has 0 bridgehead atoms. The molecule has 0 aliphatic carbocycles. The minimum Gasteiger partial charge on any atom is -0.490 e. The Morgan fingerprint density at radius 1 is 0.800 bits per heavy atom. The summed E-state index contributed by atoms with van der Waals surface area (Å²) >= 11 is 3.48. The van der Waals surface area contributed by atoms with Gasteiger partial charge in [-0.05, 0) is 63.3 Å². The van der Waals surface area contributed by atoms with Crippen molar-refractivity contribution in [1.29, 1.82) is 0 Å². The van der Waals surface area contributed by atoms with E-state index in [1.54, 1.807) is 24.3 Å². The van der Waals surface area contributed by atoms with E-state index in [4.69, 9.17) is 14.2 Å². The monoisotopic (exact) mass is 540 g/mol. The first kappa shape index (κ1) is 26.1. The lowest BCUT2D eigenvalue weighted by molar-refractivity contribution is -0.123. The maximum Gasteiger partial charge on any atom is 0.276 e. The predicted octanol–water partition coefficient (Wildman–Crippen LogP) is 5.04. The van der Waals surface area contributed by atoms with Gasteiger partial charge in [-0.15, -0.1) is 0 Å². The molecular formula is C27H29BrN2O5. The Morgan fingerprint density at radius 3 is 2.20 bits per heavy atom. The van der Waals surface area contributed by atoms with E-state index in [9.17, 15) is 9.59 Å². The highest BCUT2D eigenvalue weighted by atomic mass is 79.9. The molecule has 3 aromatic carbocycles. The number of benzene rings is 3. The number of hydrogen-bond donors (Lipinski definition) is 2. The molecule has 184 valence electrons. The van der Waals surface area contributed by atoms with Crippen molar-refractivity contribution in [3.8, 4) is 17.2 Å². The average molecular weight is 541 g/mol. The third kappa shape index (κ3) is 8.03. The molecule has 0 aliphatic rings. The zero-order valence-electron chi connectivity index (χ0n) is 20.0. The van der Waals surface area contributed by atoms with E-state index in [-0.39, 0.29) is 24.2 Å². The number of hydrogen-bond acceptors (Lipinski definition) is 5. The fourth-order valence-electron chi connectivity index (χ4n) is 3.07. The molecule has 8 heteroatoms. The Bertz CT molecular complexity index is 1150. The third-order valence-electron chi connectivity index (χ3n) is 4.96. The van der Waals surface area contributed by atoms with Crippen LogP contribution in [0.3, 0.4) is 0 Å². The van der Waals surface area contributed by atoms with E-state index >= 15 is 0 Å². The first-order chi connectivity index (χ1) is 16.7. The summed E-state index contributed by atoms with van der Waals surface area (Å²) in [4.78, 5) is 24.8. The largest absolute Gasteiger partial charge is 0.490 e. The van der Waals surface area contributed by atoms with Crippen LogP contribution in [0.15, 0.2) is 77.3 Å². The second kappa shape index (κ2) is 12.3. The maximum absolute atomic E-state index is 12.6. The summed E-state index contributed by atoms with van der Waals surface area (Å²) in [5.74, 6) is 0.656. The molecule has 0 unspecified atom stereocenters. The summed E-state index contributed by atoms with van der Waals surface area (Å²) in [6, 6.07) is 21.9. The van der Waals surface area contributed by atoms with Gasteiger partial charge >= 0.3 is 0 Å². The lowest BCUT2D eigenvalue weighted by Crippen LogP contribution is -2.44. The Labute approximate surface area is 213 Å². The van der Waals surface area contributed by atoms with Gasteiger partial charge in [0, 0.05) is 0 Å². The summed E-state index contributed by atoms with van der Waals surface area (Å²) in [5, 5.41) is 0. The van der Waals surface area contributed by atoms with Crippen LogP contribution in [-0.2, 0) is 10.2 Å². The van der Waals surface area contributed by atoms with Crippen molar-refractivity contribution in [2.45, 2.75) is 26.2 Å². The summed E-state index contributed by atoms with van der Waals surface area (Å²) < 4.78 is 17.6. The standard InChI is InChI=1S/C27H29BrN2O5/c1-27(2,3)19-13-14-24(22(28)17-19)35-18-25(31)29-30-26(32)21-11-7-8-12-23(21)34-16-15-33-20-9-5-4-6-10-20/h4-14,17H,15-16,18H2,1-3H3,(H,29,31)(H,30,32). The molecule has 0 aromatic heterocycles. The molecular weight excluding hydrogens is 512 g/mol. The second-order valence-corrected chi connectivity index (χ2v) is 9.55. The van der Waals surface area contributed by atoms with Crippen LogP contribution in [0, 0.1) is 0 Å². The number of carbonyl (C=O) groups excluding carboxylic acids is 2. The van der Waals surface area contributed by atoms with Gasteiger partial charge in [-0.1, -0.05) is 57.2 Å². The van der Waals surface area contributed by atoms with E-state index in [0.717, 1.165) is 15.8 Å². The van der Waals surface area contributed by atoms with E-state index in [1.165, 1.54) is 0 Å². The van der Waals surface area contributed by atoms with Gasteiger partial charge in [0.15, 0.2) is 6.61 Å². The molecule has 0 radical (unpaired) electrons. The molecule has 0 saturated carbocycles. The van der Waals surface area contributed by atoms with Crippen LogP contribution in [0.1, 0.15) is 36.7 Å². The van der Waals surface area contributed by atoms with Crippen LogP contribution >= 0.6 is 15.9 Å². The van der Waals surface area contributed by atoms with Gasteiger partial charge in [0.25, 0.3) is 11.8 Å². The molecule has 2 N–H and O–H groups in total. The number of rotatable bonds is 9. The molecule has 0 heterocycles. The number of amides is 2. The number of halogens is 1. The maximum atomic E-state index is 12.6. The first-order valence-corrected chi connectivity index (χ1v) is 11.9. The molecule has 0 aliphatic heterocycles. The summed E-state index contributed by atoms with van der Waals surface area (Å²) in [6.07, 6.45) is 0. The van der Waals surface area contributed by atoms with E-state index in [1.807, 2.05) is 48.5 Å². The van der Waals surface area contributed by atoms with Crippen molar-refractivity contribution in [2.24, 2.45) is 0 Å². The van der Waals surface area contributed by atoms with Crippen LogP contribution in [0.4, 0.5) is 0 Å². The van der Waals surface area contributed by atoms with Crippen LogP contribution in [0.5, 0.6) is 17.2 Å². The highest BCUT2D eigenvalue weighted by Gasteiger charge is 2.16. The molecule has 7 nitrogen and oxygen atoms in total. The number of para-hydroxylation sites is 2. The van der Waals surface area contributed by atoms with Crippen LogP contribution in [-0.4, -0.2) is 31.6 Å². The van der Waals surface area contributed by atoms with Gasteiger partial charge in [0.2, 0.25) is 0 Å². The summed E-state index contributed by atoms with van der Waals surface area (Å²) in [6.45, 7) is 6.67. The average Bonchev–Trinajstić information content (AvgIpc) is 2.84. The van der Waals surface area contributed by atoms with Gasteiger partial charge in [-0.2, -0.15) is 0 Å². The highest BCUT2D eigenvalue weighted by molar-refractivity contribution is 9.10. The Kier molecular flexibility index (Phi) is 9.14. The fraction of sp³-hybridized carbons (Fsp3) is 0.259. The van der Waals surface area contributed by atoms with Crippen molar-refractivity contribution in [2.75, 3.05) is 19.8 Å². The minimum absolute atomic E-state index is 0.00235. The Hall–Kier alpha value is -3.52. The van der Waals surface area contributed by atoms with Crippen molar-refractivity contribution in [3.05, 3.63) is 88.4 Å². The molecule has 3 aromatic rings. The fourth-order valence-corrected chi connectivity index (χ4v) is 3.56. The van der Waals surface area contributed by atoms with Crippen LogP contribution in [0.2, 0.25) is 0 Å².